The fourth-order valence-corrected chi connectivity index (χ4v) is 2.83. The standard InChI is InChI=1S/C27H30N2/c1-5-7-8-9-13-21-29(27-17-11-10-12-18-27)26(6-2)20-19-24(4)28-25-16-14-15-23(3)22-25/h5-20,22,28H,1-2,21H2,3-4H3/b8-7-,13-9-,24-19+,26-20+. The number of allylic oxidation sites excluding steroid dienone is 8. The molecule has 0 aliphatic rings. The maximum Gasteiger partial charge on any atom is 0.0415 e. The molecule has 0 saturated carbocycles. The van der Waals surface area contributed by atoms with E-state index >= 15 is 0 Å². The van der Waals surface area contributed by atoms with Crippen molar-refractivity contribution in [3.8, 4) is 0 Å². The summed E-state index contributed by atoms with van der Waals surface area (Å²) in [6.07, 6.45) is 15.9. The van der Waals surface area contributed by atoms with E-state index in [0.29, 0.717) is 0 Å². The molecule has 2 rings (SSSR count). The molecule has 0 aliphatic carbocycles. The second-order valence-electron chi connectivity index (χ2n) is 6.63. The van der Waals surface area contributed by atoms with Crippen LogP contribution in [0.15, 0.2) is 128 Å². The monoisotopic (exact) mass is 382 g/mol. The van der Waals surface area contributed by atoms with Crippen LogP contribution in [-0.4, -0.2) is 6.54 Å². The van der Waals surface area contributed by atoms with Crippen molar-refractivity contribution in [1.29, 1.82) is 0 Å². The lowest BCUT2D eigenvalue weighted by Crippen LogP contribution is -2.21. The Balaban J connectivity index is 2.23. The lowest BCUT2D eigenvalue weighted by molar-refractivity contribution is 1.04. The Morgan fingerprint density at radius 1 is 0.966 bits per heavy atom. The molecule has 0 atom stereocenters. The van der Waals surface area contributed by atoms with Crippen molar-refractivity contribution in [2.75, 3.05) is 16.8 Å². The van der Waals surface area contributed by atoms with Crippen molar-refractivity contribution in [2.24, 2.45) is 0 Å². The highest BCUT2D eigenvalue weighted by atomic mass is 15.1. The molecule has 0 bridgehead atoms. The number of hydrogen-bond acceptors (Lipinski definition) is 2. The maximum atomic E-state index is 4.03. The highest BCUT2D eigenvalue weighted by Crippen LogP contribution is 2.20. The van der Waals surface area contributed by atoms with Gasteiger partial charge in [0.15, 0.2) is 0 Å². The van der Waals surface area contributed by atoms with E-state index in [1.807, 2.05) is 42.5 Å². The second-order valence-corrected chi connectivity index (χ2v) is 6.63. The highest BCUT2D eigenvalue weighted by molar-refractivity contribution is 5.56. The fourth-order valence-electron chi connectivity index (χ4n) is 2.83. The molecule has 0 spiro atoms. The highest BCUT2D eigenvalue weighted by Gasteiger charge is 2.07. The van der Waals surface area contributed by atoms with Crippen molar-refractivity contribution in [3.05, 3.63) is 133 Å². The number of hydrogen-bond donors (Lipinski definition) is 1. The number of benzene rings is 2. The zero-order valence-electron chi connectivity index (χ0n) is 17.4. The van der Waals surface area contributed by atoms with Gasteiger partial charge >= 0.3 is 0 Å². The third-order valence-corrected chi connectivity index (χ3v) is 4.23. The van der Waals surface area contributed by atoms with Crippen molar-refractivity contribution < 1.29 is 0 Å². The molecule has 0 aromatic heterocycles. The normalized spacial score (nSPS) is 12.3. The van der Waals surface area contributed by atoms with Crippen LogP contribution in [0.3, 0.4) is 0 Å². The molecular formula is C27H30N2. The van der Waals surface area contributed by atoms with Gasteiger partial charge in [-0.3, -0.25) is 0 Å². The topological polar surface area (TPSA) is 15.3 Å². The molecule has 0 radical (unpaired) electrons. The number of para-hydroxylation sites is 1. The van der Waals surface area contributed by atoms with Crippen LogP contribution in [-0.2, 0) is 0 Å². The quantitative estimate of drug-likeness (QED) is 0.438. The van der Waals surface area contributed by atoms with Gasteiger partial charge in [0.1, 0.15) is 0 Å². The summed E-state index contributed by atoms with van der Waals surface area (Å²) in [5, 5.41) is 3.44. The molecule has 2 aromatic carbocycles. The van der Waals surface area contributed by atoms with Crippen LogP contribution in [0.25, 0.3) is 0 Å². The van der Waals surface area contributed by atoms with Crippen molar-refractivity contribution in [2.45, 2.75) is 13.8 Å². The minimum absolute atomic E-state index is 0.738. The molecule has 0 heterocycles. The van der Waals surface area contributed by atoms with Gasteiger partial charge in [-0.25, -0.2) is 0 Å². The van der Waals surface area contributed by atoms with E-state index in [2.05, 4.69) is 91.8 Å². The van der Waals surface area contributed by atoms with Gasteiger partial charge in [-0.15, -0.1) is 0 Å². The number of nitrogens with zero attached hydrogens (tertiary/aromatic N) is 1. The average Bonchev–Trinajstić information content (AvgIpc) is 2.73. The van der Waals surface area contributed by atoms with E-state index < -0.39 is 0 Å². The third-order valence-electron chi connectivity index (χ3n) is 4.23. The number of aryl methyl sites for hydroxylation is 1. The minimum Gasteiger partial charge on any atom is -0.359 e. The predicted molar refractivity (Wildman–Crippen MR) is 129 cm³/mol. The first-order chi connectivity index (χ1) is 14.1. The van der Waals surface area contributed by atoms with Crippen LogP contribution in [0, 0.1) is 6.92 Å². The first kappa shape index (κ1) is 21.8. The number of nitrogens with one attached hydrogen (secondary N) is 1. The zero-order valence-corrected chi connectivity index (χ0v) is 17.4. The van der Waals surface area contributed by atoms with Crippen LogP contribution in [0.1, 0.15) is 12.5 Å². The van der Waals surface area contributed by atoms with Crippen LogP contribution in [0.2, 0.25) is 0 Å². The Kier molecular flexibility index (Phi) is 9.04. The minimum atomic E-state index is 0.738. The molecule has 0 fully saturated rings. The molecule has 148 valence electrons. The van der Waals surface area contributed by atoms with E-state index in [4.69, 9.17) is 0 Å². The SMILES string of the molecule is C=C/C=C\C=C/CN(/C(C=C)=C/C=C(\C)Nc1cccc(C)c1)c1ccccc1. The smallest absolute Gasteiger partial charge is 0.0415 e. The van der Waals surface area contributed by atoms with E-state index in [1.165, 1.54) is 5.56 Å². The van der Waals surface area contributed by atoms with Crippen LogP contribution < -0.4 is 10.2 Å². The van der Waals surface area contributed by atoms with Crippen LogP contribution >= 0.6 is 0 Å². The van der Waals surface area contributed by atoms with Gasteiger partial charge in [-0.1, -0.05) is 73.9 Å². The van der Waals surface area contributed by atoms with Gasteiger partial charge in [-0.2, -0.15) is 0 Å². The molecule has 0 amide bonds. The summed E-state index contributed by atoms with van der Waals surface area (Å²) < 4.78 is 0. The number of rotatable bonds is 10. The van der Waals surface area contributed by atoms with Crippen molar-refractivity contribution in [1.82, 2.24) is 0 Å². The molecule has 29 heavy (non-hydrogen) atoms. The van der Waals surface area contributed by atoms with Gasteiger partial charge in [0.25, 0.3) is 0 Å². The molecule has 0 saturated heterocycles. The molecule has 2 aromatic rings. The summed E-state index contributed by atoms with van der Waals surface area (Å²) >= 11 is 0. The van der Waals surface area contributed by atoms with E-state index in [0.717, 1.165) is 29.3 Å². The second kappa shape index (κ2) is 12.0. The fraction of sp³-hybridized carbons (Fsp3) is 0.111. The Morgan fingerprint density at radius 2 is 1.76 bits per heavy atom. The van der Waals surface area contributed by atoms with Gasteiger partial charge < -0.3 is 10.2 Å². The Labute approximate surface area is 175 Å². The summed E-state index contributed by atoms with van der Waals surface area (Å²) in [7, 11) is 0. The summed E-state index contributed by atoms with van der Waals surface area (Å²) in [6.45, 7) is 12.6. The molecule has 1 N–H and O–H groups in total. The molecule has 0 aliphatic heterocycles. The Hall–Kier alpha value is -3.52. The van der Waals surface area contributed by atoms with Crippen molar-refractivity contribution in [3.63, 3.8) is 0 Å². The van der Waals surface area contributed by atoms with Gasteiger partial charge in [0, 0.05) is 29.3 Å². The Bertz CT molecular complexity index is 915. The van der Waals surface area contributed by atoms with Crippen LogP contribution in [0.5, 0.6) is 0 Å². The first-order valence-corrected chi connectivity index (χ1v) is 9.75. The Morgan fingerprint density at radius 3 is 2.45 bits per heavy atom. The lowest BCUT2D eigenvalue weighted by Gasteiger charge is -2.24. The lowest BCUT2D eigenvalue weighted by atomic mass is 10.2. The molecule has 0 unspecified atom stereocenters. The van der Waals surface area contributed by atoms with E-state index in [1.54, 1.807) is 6.08 Å². The van der Waals surface area contributed by atoms with Gasteiger partial charge in [0.05, 0.1) is 0 Å². The van der Waals surface area contributed by atoms with Crippen molar-refractivity contribution >= 4 is 11.4 Å². The van der Waals surface area contributed by atoms with Gasteiger partial charge in [0.2, 0.25) is 0 Å². The largest absolute Gasteiger partial charge is 0.359 e. The van der Waals surface area contributed by atoms with E-state index in [-0.39, 0.29) is 0 Å². The first-order valence-electron chi connectivity index (χ1n) is 9.75. The molecular weight excluding hydrogens is 352 g/mol. The van der Waals surface area contributed by atoms with Gasteiger partial charge in [-0.05, 0) is 61.9 Å². The third kappa shape index (κ3) is 7.55. The summed E-state index contributed by atoms with van der Waals surface area (Å²) in [5.41, 5.74) is 5.53. The average molecular weight is 383 g/mol. The number of anilines is 2. The summed E-state index contributed by atoms with van der Waals surface area (Å²) in [6, 6.07) is 18.7. The maximum absolute atomic E-state index is 4.03. The zero-order chi connectivity index (χ0) is 20.9. The molecule has 2 heteroatoms. The molecule has 2 nitrogen and oxygen atoms in total. The van der Waals surface area contributed by atoms with Crippen LogP contribution in [0.4, 0.5) is 11.4 Å². The summed E-state index contributed by atoms with van der Waals surface area (Å²) in [5.74, 6) is 0. The van der Waals surface area contributed by atoms with E-state index in [9.17, 15) is 0 Å². The summed E-state index contributed by atoms with van der Waals surface area (Å²) in [4.78, 5) is 2.22. The predicted octanol–water partition coefficient (Wildman–Crippen LogP) is 7.19.